The van der Waals surface area contributed by atoms with Crippen LogP contribution < -0.4 is 0 Å². The van der Waals surface area contributed by atoms with Gasteiger partial charge in [0.2, 0.25) is 0 Å². The summed E-state index contributed by atoms with van der Waals surface area (Å²) in [7, 11) is 1.53. The van der Waals surface area contributed by atoms with Gasteiger partial charge in [0.05, 0.1) is 0 Å². The van der Waals surface area contributed by atoms with Gasteiger partial charge < -0.3 is 9.84 Å². The Bertz CT molecular complexity index is 71.7. The highest BCUT2D eigenvalue weighted by atomic mass is 16.6. The summed E-state index contributed by atoms with van der Waals surface area (Å²) in [6.45, 7) is 4.36. The highest BCUT2D eigenvalue weighted by Gasteiger charge is 2.00. The van der Waals surface area contributed by atoms with Crippen molar-refractivity contribution >= 4 is 0 Å². The van der Waals surface area contributed by atoms with Gasteiger partial charge in [-0.3, -0.25) is 0 Å². The molecule has 0 bridgehead atoms. The minimum atomic E-state index is -0.557. The maximum Gasteiger partial charge on any atom is 0.154 e. The maximum absolute atomic E-state index is 8.95. The zero-order valence-electron chi connectivity index (χ0n) is 7.13. The fourth-order valence-corrected chi connectivity index (χ4v) is 0.819. The van der Waals surface area contributed by atoms with Crippen LogP contribution in [0.15, 0.2) is 0 Å². The first-order chi connectivity index (χ1) is 4.66. The SMILES string of the molecule is COC(O)CCCC(C)C. The first-order valence-electron chi connectivity index (χ1n) is 3.87. The van der Waals surface area contributed by atoms with Crippen molar-refractivity contribution < 1.29 is 9.84 Å². The van der Waals surface area contributed by atoms with Gasteiger partial charge in [0, 0.05) is 7.11 Å². The number of ether oxygens (including phenoxy) is 1. The number of methoxy groups -OCH3 is 1. The molecule has 2 nitrogen and oxygen atoms in total. The second-order valence-electron chi connectivity index (χ2n) is 3.02. The van der Waals surface area contributed by atoms with Gasteiger partial charge in [-0.05, 0) is 18.8 Å². The highest BCUT2D eigenvalue weighted by molar-refractivity contribution is 4.47. The Morgan fingerprint density at radius 3 is 2.30 bits per heavy atom. The number of hydrogen-bond acceptors (Lipinski definition) is 2. The van der Waals surface area contributed by atoms with Gasteiger partial charge in [-0.25, -0.2) is 0 Å². The van der Waals surface area contributed by atoms with E-state index in [1.54, 1.807) is 0 Å². The van der Waals surface area contributed by atoms with E-state index >= 15 is 0 Å². The van der Waals surface area contributed by atoms with E-state index in [0.29, 0.717) is 0 Å². The molecule has 1 N–H and O–H groups in total. The molecule has 0 aromatic rings. The monoisotopic (exact) mass is 146 g/mol. The van der Waals surface area contributed by atoms with E-state index in [1.807, 2.05) is 0 Å². The van der Waals surface area contributed by atoms with E-state index in [0.717, 1.165) is 18.8 Å². The molecule has 0 saturated carbocycles. The van der Waals surface area contributed by atoms with E-state index in [4.69, 9.17) is 5.11 Å². The van der Waals surface area contributed by atoms with E-state index in [9.17, 15) is 0 Å². The van der Waals surface area contributed by atoms with E-state index in [1.165, 1.54) is 13.5 Å². The minimum Gasteiger partial charge on any atom is -0.368 e. The predicted octanol–water partition coefficient (Wildman–Crippen LogP) is 1.78. The van der Waals surface area contributed by atoms with Crippen LogP contribution in [0.2, 0.25) is 0 Å². The lowest BCUT2D eigenvalue weighted by molar-refractivity contribution is -0.0795. The lowest BCUT2D eigenvalue weighted by Crippen LogP contribution is -2.08. The van der Waals surface area contributed by atoms with Crippen LogP contribution in [-0.4, -0.2) is 18.5 Å². The largest absolute Gasteiger partial charge is 0.368 e. The quantitative estimate of drug-likeness (QED) is 0.599. The summed E-state index contributed by atoms with van der Waals surface area (Å²) >= 11 is 0. The lowest BCUT2D eigenvalue weighted by Gasteiger charge is -2.08. The van der Waals surface area contributed by atoms with Crippen LogP contribution in [0, 0.1) is 5.92 Å². The van der Waals surface area contributed by atoms with Gasteiger partial charge in [0.25, 0.3) is 0 Å². The topological polar surface area (TPSA) is 29.5 Å². The number of hydrogen-bond donors (Lipinski definition) is 1. The van der Waals surface area contributed by atoms with Gasteiger partial charge in [-0.15, -0.1) is 0 Å². The number of aliphatic hydroxyl groups is 1. The van der Waals surface area contributed by atoms with Crippen LogP contribution in [0.25, 0.3) is 0 Å². The Morgan fingerprint density at radius 2 is 1.90 bits per heavy atom. The van der Waals surface area contributed by atoms with Crippen molar-refractivity contribution in [3.8, 4) is 0 Å². The molecule has 1 unspecified atom stereocenters. The fraction of sp³-hybridized carbons (Fsp3) is 1.00. The minimum absolute atomic E-state index is 0.557. The predicted molar refractivity (Wildman–Crippen MR) is 41.7 cm³/mol. The molecule has 0 saturated heterocycles. The molecule has 0 aromatic carbocycles. The van der Waals surface area contributed by atoms with Crippen LogP contribution in [0.1, 0.15) is 33.1 Å². The summed E-state index contributed by atoms with van der Waals surface area (Å²) in [6, 6.07) is 0. The molecule has 0 fully saturated rings. The smallest absolute Gasteiger partial charge is 0.154 e. The van der Waals surface area contributed by atoms with Gasteiger partial charge in [-0.1, -0.05) is 20.3 Å². The molecule has 0 spiro atoms. The van der Waals surface area contributed by atoms with Crippen molar-refractivity contribution in [1.29, 1.82) is 0 Å². The molecule has 0 aliphatic carbocycles. The molecule has 62 valence electrons. The summed E-state index contributed by atoms with van der Waals surface area (Å²) < 4.78 is 4.69. The van der Waals surface area contributed by atoms with Crippen molar-refractivity contribution in [2.24, 2.45) is 5.92 Å². The molecule has 0 aliphatic heterocycles. The van der Waals surface area contributed by atoms with Crippen LogP contribution >= 0.6 is 0 Å². The molecule has 0 amide bonds. The summed E-state index contributed by atoms with van der Waals surface area (Å²) in [6.07, 6.45) is 2.42. The first-order valence-corrected chi connectivity index (χ1v) is 3.87. The van der Waals surface area contributed by atoms with Crippen LogP contribution in [0.4, 0.5) is 0 Å². The second kappa shape index (κ2) is 5.69. The summed E-state index contributed by atoms with van der Waals surface area (Å²) in [5.41, 5.74) is 0. The molecule has 0 aliphatic rings. The zero-order chi connectivity index (χ0) is 7.98. The normalized spacial score (nSPS) is 14.1. The van der Waals surface area contributed by atoms with Crippen molar-refractivity contribution in [2.75, 3.05) is 7.11 Å². The van der Waals surface area contributed by atoms with Crippen molar-refractivity contribution in [3.63, 3.8) is 0 Å². The van der Waals surface area contributed by atoms with Gasteiger partial charge >= 0.3 is 0 Å². The van der Waals surface area contributed by atoms with E-state index < -0.39 is 6.29 Å². The molecular weight excluding hydrogens is 128 g/mol. The average Bonchev–Trinajstić information content (AvgIpc) is 1.87. The lowest BCUT2D eigenvalue weighted by atomic mass is 10.1. The Labute approximate surface area is 63.2 Å². The molecule has 10 heavy (non-hydrogen) atoms. The Balaban J connectivity index is 3.03. The molecule has 0 rings (SSSR count). The molecular formula is C8H18O2. The molecule has 2 heteroatoms. The third-order valence-electron chi connectivity index (χ3n) is 1.50. The van der Waals surface area contributed by atoms with Crippen molar-refractivity contribution in [1.82, 2.24) is 0 Å². The van der Waals surface area contributed by atoms with Crippen molar-refractivity contribution in [2.45, 2.75) is 39.4 Å². The molecule has 0 aromatic heterocycles. The number of aliphatic hydroxyl groups excluding tert-OH is 1. The summed E-state index contributed by atoms with van der Waals surface area (Å²) in [4.78, 5) is 0. The maximum atomic E-state index is 8.95. The van der Waals surface area contributed by atoms with Crippen molar-refractivity contribution in [3.05, 3.63) is 0 Å². The van der Waals surface area contributed by atoms with E-state index in [2.05, 4.69) is 18.6 Å². The van der Waals surface area contributed by atoms with Crippen LogP contribution in [0.5, 0.6) is 0 Å². The fourth-order valence-electron chi connectivity index (χ4n) is 0.819. The highest BCUT2D eigenvalue weighted by Crippen LogP contribution is 2.08. The van der Waals surface area contributed by atoms with Gasteiger partial charge in [0.1, 0.15) is 0 Å². The Morgan fingerprint density at radius 1 is 1.30 bits per heavy atom. The summed E-state index contributed by atoms with van der Waals surface area (Å²) in [5.74, 6) is 0.726. The summed E-state index contributed by atoms with van der Waals surface area (Å²) in [5, 5.41) is 8.95. The Kier molecular flexibility index (Phi) is 5.64. The Hall–Kier alpha value is -0.0800. The molecule has 0 radical (unpaired) electrons. The molecule has 1 atom stereocenters. The van der Waals surface area contributed by atoms with Crippen LogP contribution in [0.3, 0.4) is 0 Å². The standard InChI is InChI=1S/C8H18O2/c1-7(2)5-4-6-8(9)10-3/h7-9H,4-6H2,1-3H3. The third kappa shape index (κ3) is 6.05. The molecule has 0 heterocycles. The first kappa shape index (κ1) is 9.92. The second-order valence-corrected chi connectivity index (χ2v) is 3.02. The van der Waals surface area contributed by atoms with Gasteiger partial charge in [0.15, 0.2) is 6.29 Å². The van der Waals surface area contributed by atoms with E-state index in [-0.39, 0.29) is 0 Å². The number of rotatable bonds is 5. The zero-order valence-corrected chi connectivity index (χ0v) is 7.13. The van der Waals surface area contributed by atoms with Gasteiger partial charge in [-0.2, -0.15) is 0 Å². The third-order valence-corrected chi connectivity index (χ3v) is 1.50. The van der Waals surface area contributed by atoms with Crippen LogP contribution in [-0.2, 0) is 4.74 Å². The average molecular weight is 146 g/mol.